The Balaban J connectivity index is 2.48. The minimum absolute atomic E-state index is 0.233. The molecular weight excluding hydrogens is 336 g/mol. The molecule has 0 aliphatic heterocycles. The molecule has 4 nitrogen and oxygen atoms in total. The van der Waals surface area contributed by atoms with E-state index in [1.807, 2.05) is 13.0 Å². The minimum Gasteiger partial charge on any atom is -0.464 e. The Morgan fingerprint density at radius 2 is 2.00 bits per heavy atom. The van der Waals surface area contributed by atoms with Gasteiger partial charge in [0.25, 0.3) is 0 Å². The number of ether oxygens (including phenoxy) is 3. The average molecular weight is 359 g/mol. The average Bonchev–Trinajstić information content (AvgIpc) is 2.44. The van der Waals surface area contributed by atoms with Gasteiger partial charge < -0.3 is 14.2 Å². The van der Waals surface area contributed by atoms with Crippen LogP contribution >= 0.6 is 15.9 Å². The van der Waals surface area contributed by atoms with Gasteiger partial charge in [0.05, 0.1) is 11.1 Å². The quantitative estimate of drug-likeness (QED) is 0.395. The predicted molar refractivity (Wildman–Crippen MR) is 85.5 cm³/mol. The standard InChI is InChI=1S/C16H23BrO4/c1-5-11(2)14-6-7-16(15(17)10-14)21-13(4)20-9-8-19-12(3)18/h6-7,10-11,13H,5,8-9H2,1-4H3. The fourth-order valence-corrected chi connectivity index (χ4v) is 2.26. The van der Waals surface area contributed by atoms with E-state index in [0.29, 0.717) is 12.5 Å². The second-order valence-corrected chi connectivity index (χ2v) is 5.75. The minimum atomic E-state index is -0.411. The fraction of sp³-hybridized carbons (Fsp3) is 0.562. The summed E-state index contributed by atoms with van der Waals surface area (Å²) in [5, 5.41) is 0. The van der Waals surface area contributed by atoms with Crippen molar-refractivity contribution in [3.8, 4) is 5.75 Å². The van der Waals surface area contributed by atoms with E-state index in [4.69, 9.17) is 14.2 Å². The van der Waals surface area contributed by atoms with Gasteiger partial charge in [-0.05, 0) is 52.9 Å². The van der Waals surface area contributed by atoms with Crippen molar-refractivity contribution in [2.45, 2.75) is 46.3 Å². The number of hydrogen-bond donors (Lipinski definition) is 0. The summed E-state index contributed by atoms with van der Waals surface area (Å²) in [6.45, 7) is 8.09. The zero-order valence-corrected chi connectivity index (χ0v) is 14.6. The summed E-state index contributed by atoms with van der Waals surface area (Å²) in [5.74, 6) is 0.949. The van der Waals surface area contributed by atoms with E-state index in [2.05, 4.69) is 41.9 Å². The van der Waals surface area contributed by atoms with Crippen molar-refractivity contribution in [1.82, 2.24) is 0 Å². The molecule has 2 unspecified atom stereocenters. The highest BCUT2D eigenvalue weighted by atomic mass is 79.9. The first-order valence-corrected chi connectivity index (χ1v) is 7.94. The van der Waals surface area contributed by atoms with Crippen LogP contribution in [-0.2, 0) is 14.3 Å². The molecule has 0 radical (unpaired) electrons. The largest absolute Gasteiger partial charge is 0.464 e. The molecule has 0 amide bonds. The molecule has 1 rings (SSSR count). The van der Waals surface area contributed by atoms with Gasteiger partial charge in [-0.1, -0.05) is 19.9 Å². The van der Waals surface area contributed by atoms with Gasteiger partial charge in [-0.15, -0.1) is 0 Å². The molecule has 1 aromatic carbocycles. The van der Waals surface area contributed by atoms with Crippen LogP contribution in [0.3, 0.4) is 0 Å². The third kappa shape index (κ3) is 6.48. The molecule has 0 spiro atoms. The fourth-order valence-electron chi connectivity index (χ4n) is 1.77. The molecule has 21 heavy (non-hydrogen) atoms. The molecule has 2 atom stereocenters. The maximum absolute atomic E-state index is 10.6. The van der Waals surface area contributed by atoms with Crippen molar-refractivity contribution in [2.75, 3.05) is 13.2 Å². The summed E-state index contributed by atoms with van der Waals surface area (Å²) in [5.41, 5.74) is 1.28. The SMILES string of the molecule is CCC(C)c1ccc(OC(C)OCCOC(C)=O)c(Br)c1. The normalized spacial score (nSPS) is 13.6. The van der Waals surface area contributed by atoms with Crippen LogP contribution in [-0.4, -0.2) is 25.5 Å². The lowest BCUT2D eigenvalue weighted by molar-refractivity contribution is -0.145. The Labute approximate surface area is 134 Å². The summed E-state index contributed by atoms with van der Waals surface area (Å²) in [6, 6.07) is 6.09. The van der Waals surface area contributed by atoms with Crippen molar-refractivity contribution < 1.29 is 19.0 Å². The zero-order chi connectivity index (χ0) is 15.8. The van der Waals surface area contributed by atoms with Gasteiger partial charge in [0, 0.05) is 6.92 Å². The van der Waals surface area contributed by atoms with Crippen molar-refractivity contribution >= 4 is 21.9 Å². The molecule has 0 N–H and O–H groups in total. The predicted octanol–water partition coefficient (Wildman–Crippen LogP) is 4.27. The number of hydrogen-bond acceptors (Lipinski definition) is 4. The summed E-state index contributed by atoms with van der Waals surface area (Å²) >= 11 is 3.52. The Kier molecular flexibility index (Phi) is 7.75. The molecule has 0 aromatic heterocycles. The first-order chi connectivity index (χ1) is 9.93. The lowest BCUT2D eigenvalue weighted by Crippen LogP contribution is -2.20. The van der Waals surface area contributed by atoms with Crippen LogP contribution < -0.4 is 4.74 Å². The first kappa shape index (κ1) is 18.0. The topological polar surface area (TPSA) is 44.8 Å². The van der Waals surface area contributed by atoms with Crippen LogP contribution in [0.15, 0.2) is 22.7 Å². The van der Waals surface area contributed by atoms with Crippen LogP contribution in [0.4, 0.5) is 0 Å². The van der Waals surface area contributed by atoms with Crippen molar-refractivity contribution in [2.24, 2.45) is 0 Å². The van der Waals surface area contributed by atoms with E-state index in [0.717, 1.165) is 16.6 Å². The summed E-state index contributed by atoms with van der Waals surface area (Å²) in [7, 11) is 0. The Morgan fingerprint density at radius 1 is 1.29 bits per heavy atom. The van der Waals surface area contributed by atoms with Crippen LogP contribution in [0, 0.1) is 0 Å². The summed E-state index contributed by atoms with van der Waals surface area (Å²) in [6.07, 6.45) is 0.689. The molecule has 0 aliphatic rings. The van der Waals surface area contributed by atoms with Gasteiger partial charge in [-0.3, -0.25) is 4.79 Å². The summed E-state index contributed by atoms with van der Waals surface area (Å²) in [4.78, 5) is 10.6. The lowest BCUT2D eigenvalue weighted by atomic mass is 9.99. The van der Waals surface area contributed by atoms with Crippen LogP contribution in [0.2, 0.25) is 0 Å². The van der Waals surface area contributed by atoms with Crippen LogP contribution in [0.5, 0.6) is 5.75 Å². The van der Waals surface area contributed by atoms with Gasteiger partial charge in [0.1, 0.15) is 12.4 Å². The van der Waals surface area contributed by atoms with Gasteiger partial charge >= 0.3 is 5.97 Å². The Hall–Kier alpha value is -1.07. The van der Waals surface area contributed by atoms with Crippen molar-refractivity contribution in [1.29, 1.82) is 0 Å². The second kappa shape index (κ2) is 9.05. The van der Waals surface area contributed by atoms with E-state index < -0.39 is 6.29 Å². The van der Waals surface area contributed by atoms with Gasteiger partial charge in [-0.2, -0.15) is 0 Å². The van der Waals surface area contributed by atoms with E-state index >= 15 is 0 Å². The van der Waals surface area contributed by atoms with Crippen molar-refractivity contribution in [3.63, 3.8) is 0 Å². The van der Waals surface area contributed by atoms with E-state index in [9.17, 15) is 4.79 Å². The molecule has 118 valence electrons. The van der Waals surface area contributed by atoms with E-state index in [1.54, 1.807) is 0 Å². The Morgan fingerprint density at radius 3 is 2.57 bits per heavy atom. The van der Waals surface area contributed by atoms with Gasteiger partial charge in [0.2, 0.25) is 0 Å². The van der Waals surface area contributed by atoms with Gasteiger partial charge in [0.15, 0.2) is 6.29 Å². The third-order valence-electron chi connectivity index (χ3n) is 3.17. The van der Waals surface area contributed by atoms with E-state index in [1.165, 1.54) is 12.5 Å². The molecule has 0 saturated carbocycles. The van der Waals surface area contributed by atoms with Crippen molar-refractivity contribution in [3.05, 3.63) is 28.2 Å². The molecule has 5 heteroatoms. The molecule has 0 fully saturated rings. The highest BCUT2D eigenvalue weighted by Crippen LogP contribution is 2.30. The molecule has 0 heterocycles. The lowest BCUT2D eigenvalue weighted by Gasteiger charge is -2.18. The number of esters is 1. The zero-order valence-electron chi connectivity index (χ0n) is 13.0. The number of benzene rings is 1. The molecule has 0 saturated heterocycles. The maximum atomic E-state index is 10.6. The van der Waals surface area contributed by atoms with Crippen LogP contribution in [0.1, 0.15) is 45.6 Å². The first-order valence-electron chi connectivity index (χ1n) is 7.15. The van der Waals surface area contributed by atoms with E-state index in [-0.39, 0.29) is 12.6 Å². The summed E-state index contributed by atoms with van der Waals surface area (Å²) < 4.78 is 16.8. The maximum Gasteiger partial charge on any atom is 0.302 e. The molecular formula is C16H23BrO4. The highest BCUT2D eigenvalue weighted by molar-refractivity contribution is 9.10. The smallest absolute Gasteiger partial charge is 0.302 e. The Bertz CT molecular complexity index is 462. The third-order valence-corrected chi connectivity index (χ3v) is 3.79. The number of carbonyl (C=O) groups is 1. The molecule has 1 aromatic rings. The highest BCUT2D eigenvalue weighted by Gasteiger charge is 2.10. The molecule has 0 aliphatic carbocycles. The van der Waals surface area contributed by atoms with Gasteiger partial charge in [-0.25, -0.2) is 0 Å². The van der Waals surface area contributed by atoms with Crippen LogP contribution in [0.25, 0.3) is 0 Å². The monoisotopic (exact) mass is 358 g/mol. The number of carbonyl (C=O) groups excluding carboxylic acids is 1. The molecule has 0 bridgehead atoms. The second-order valence-electron chi connectivity index (χ2n) is 4.90. The number of halogens is 1. The number of rotatable bonds is 8.